The lowest BCUT2D eigenvalue weighted by molar-refractivity contribution is -0.122. The molecule has 0 amide bonds. The van der Waals surface area contributed by atoms with E-state index in [1.165, 1.54) is 0 Å². The van der Waals surface area contributed by atoms with Crippen LogP contribution in [0.3, 0.4) is 0 Å². The molecule has 0 bridgehead atoms. The van der Waals surface area contributed by atoms with Crippen molar-refractivity contribution in [2.75, 3.05) is 0 Å². The minimum Gasteiger partial charge on any atom is -0.384 e. The smallest absolute Gasteiger partial charge is 0.150 e. The molecule has 1 N–H and O–H groups in total. The molecule has 0 spiro atoms. The fourth-order valence-corrected chi connectivity index (χ4v) is 1.16. The highest BCUT2D eigenvalue weighted by molar-refractivity contribution is 5.59. The van der Waals surface area contributed by atoms with Crippen molar-refractivity contribution in [3.05, 3.63) is 0 Å². The quantitative estimate of drug-likeness (QED) is 0.557. The van der Waals surface area contributed by atoms with Gasteiger partial charge in [-0.25, -0.2) is 0 Å². The summed E-state index contributed by atoms with van der Waals surface area (Å²) in [6, 6.07) is 1.98. The number of aldehydes is 1. The van der Waals surface area contributed by atoms with Crippen molar-refractivity contribution in [1.82, 2.24) is 0 Å². The fourth-order valence-electron chi connectivity index (χ4n) is 1.16. The first-order chi connectivity index (χ1) is 4.75. The van der Waals surface area contributed by atoms with Crippen LogP contribution in [-0.4, -0.2) is 17.5 Å². The maximum atomic E-state index is 10.1. The molecule has 54 valence electrons. The lowest BCUT2D eigenvalue weighted by atomic mass is 9.66. The molecule has 1 aliphatic carbocycles. The molecule has 0 aliphatic heterocycles. The van der Waals surface area contributed by atoms with Gasteiger partial charge in [0, 0.05) is 0 Å². The Labute approximate surface area is 59.3 Å². The Hall–Kier alpha value is -0.880. The lowest BCUT2D eigenvalue weighted by Crippen LogP contribution is -2.40. The molecule has 1 fully saturated rings. The van der Waals surface area contributed by atoms with Gasteiger partial charge in [-0.05, 0) is 12.8 Å². The van der Waals surface area contributed by atoms with E-state index in [1.807, 2.05) is 6.07 Å². The SMILES string of the molecule is N#CC1(C(O)C=O)CCC1. The molecule has 1 unspecified atom stereocenters. The molecule has 10 heavy (non-hydrogen) atoms. The van der Waals surface area contributed by atoms with Crippen LogP contribution in [0.2, 0.25) is 0 Å². The van der Waals surface area contributed by atoms with E-state index in [1.54, 1.807) is 0 Å². The summed E-state index contributed by atoms with van der Waals surface area (Å²) in [5, 5.41) is 17.6. The molecule has 0 aromatic heterocycles. The summed E-state index contributed by atoms with van der Waals surface area (Å²) in [4.78, 5) is 10.1. The molecule has 1 rings (SSSR count). The van der Waals surface area contributed by atoms with E-state index in [2.05, 4.69) is 0 Å². The largest absolute Gasteiger partial charge is 0.384 e. The second-order valence-electron chi connectivity index (χ2n) is 2.70. The number of aliphatic hydroxyl groups is 1. The predicted octanol–water partition coefficient (Wildman–Crippen LogP) is 0.240. The van der Waals surface area contributed by atoms with Gasteiger partial charge in [-0.1, -0.05) is 6.42 Å². The van der Waals surface area contributed by atoms with Crippen LogP contribution in [0, 0.1) is 16.7 Å². The summed E-state index contributed by atoms with van der Waals surface area (Å²) < 4.78 is 0. The zero-order chi connectivity index (χ0) is 7.61. The zero-order valence-corrected chi connectivity index (χ0v) is 5.58. The number of hydrogen-bond acceptors (Lipinski definition) is 3. The van der Waals surface area contributed by atoms with Crippen LogP contribution in [0.15, 0.2) is 0 Å². The van der Waals surface area contributed by atoms with Crippen molar-refractivity contribution in [1.29, 1.82) is 5.26 Å². The van der Waals surface area contributed by atoms with E-state index in [9.17, 15) is 4.79 Å². The molecule has 0 heterocycles. The summed E-state index contributed by atoms with van der Waals surface area (Å²) in [6.45, 7) is 0. The Kier molecular flexibility index (Phi) is 1.73. The molecule has 1 atom stereocenters. The number of nitriles is 1. The van der Waals surface area contributed by atoms with Crippen LogP contribution >= 0.6 is 0 Å². The molecule has 1 aliphatic rings. The minimum absolute atomic E-state index is 0.447. The standard InChI is InChI=1S/C7H9NO2/c8-5-7(2-1-3-7)6(10)4-9/h4,6,10H,1-3H2. The Morgan fingerprint density at radius 1 is 1.70 bits per heavy atom. The third kappa shape index (κ3) is 0.812. The summed E-state index contributed by atoms with van der Waals surface area (Å²) in [5.74, 6) is 0. The van der Waals surface area contributed by atoms with Gasteiger partial charge in [0.15, 0.2) is 0 Å². The van der Waals surface area contributed by atoms with Crippen molar-refractivity contribution in [2.24, 2.45) is 5.41 Å². The van der Waals surface area contributed by atoms with Crippen LogP contribution in [0.25, 0.3) is 0 Å². The van der Waals surface area contributed by atoms with E-state index in [0.717, 1.165) is 6.42 Å². The van der Waals surface area contributed by atoms with Gasteiger partial charge in [0.2, 0.25) is 0 Å². The maximum Gasteiger partial charge on any atom is 0.150 e. The Balaban J connectivity index is 2.66. The van der Waals surface area contributed by atoms with Gasteiger partial charge >= 0.3 is 0 Å². The highest BCUT2D eigenvalue weighted by Crippen LogP contribution is 2.42. The summed E-state index contributed by atoms with van der Waals surface area (Å²) in [5.41, 5.74) is -0.734. The molecule has 0 aromatic rings. The van der Waals surface area contributed by atoms with Crippen molar-refractivity contribution < 1.29 is 9.90 Å². The van der Waals surface area contributed by atoms with E-state index < -0.39 is 11.5 Å². The second-order valence-corrected chi connectivity index (χ2v) is 2.70. The molecule has 0 saturated heterocycles. The summed E-state index contributed by atoms with van der Waals surface area (Å²) in [7, 11) is 0. The van der Waals surface area contributed by atoms with Crippen LogP contribution in [0.5, 0.6) is 0 Å². The summed E-state index contributed by atoms with van der Waals surface area (Å²) in [6.07, 6.45) is 1.62. The molecule has 0 aromatic carbocycles. The van der Waals surface area contributed by atoms with Crippen molar-refractivity contribution in [3.8, 4) is 6.07 Å². The Morgan fingerprint density at radius 2 is 2.30 bits per heavy atom. The van der Waals surface area contributed by atoms with E-state index in [4.69, 9.17) is 10.4 Å². The number of aliphatic hydroxyl groups excluding tert-OH is 1. The molecular weight excluding hydrogens is 130 g/mol. The molecule has 3 nitrogen and oxygen atoms in total. The van der Waals surface area contributed by atoms with Crippen LogP contribution < -0.4 is 0 Å². The average molecular weight is 139 g/mol. The highest BCUT2D eigenvalue weighted by Gasteiger charge is 2.43. The number of carbonyl (C=O) groups excluding carboxylic acids is 1. The Morgan fingerprint density at radius 3 is 2.40 bits per heavy atom. The number of rotatable bonds is 2. The first-order valence-electron chi connectivity index (χ1n) is 3.30. The third-order valence-corrected chi connectivity index (χ3v) is 2.16. The van der Waals surface area contributed by atoms with E-state index in [0.29, 0.717) is 19.1 Å². The van der Waals surface area contributed by atoms with E-state index in [-0.39, 0.29) is 0 Å². The van der Waals surface area contributed by atoms with E-state index >= 15 is 0 Å². The topological polar surface area (TPSA) is 61.1 Å². The number of hydrogen-bond donors (Lipinski definition) is 1. The molecular formula is C7H9NO2. The molecule has 3 heteroatoms. The average Bonchev–Trinajstić information content (AvgIpc) is 1.86. The van der Waals surface area contributed by atoms with Crippen molar-refractivity contribution in [2.45, 2.75) is 25.4 Å². The maximum absolute atomic E-state index is 10.1. The van der Waals surface area contributed by atoms with Crippen LogP contribution in [-0.2, 0) is 4.79 Å². The first-order valence-corrected chi connectivity index (χ1v) is 3.30. The first kappa shape index (κ1) is 7.23. The van der Waals surface area contributed by atoms with Gasteiger partial charge in [-0.3, -0.25) is 0 Å². The summed E-state index contributed by atoms with van der Waals surface area (Å²) >= 11 is 0. The number of nitrogens with zero attached hydrogens (tertiary/aromatic N) is 1. The number of carbonyl (C=O) groups is 1. The van der Waals surface area contributed by atoms with Gasteiger partial charge < -0.3 is 9.90 Å². The highest BCUT2D eigenvalue weighted by atomic mass is 16.3. The van der Waals surface area contributed by atoms with Gasteiger partial charge in [0.05, 0.1) is 11.5 Å². The molecule has 0 radical (unpaired) electrons. The van der Waals surface area contributed by atoms with Gasteiger partial charge in [-0.15, -0.1) is 0 Å². The fraction of sp³-hybridized carbons (Fsp3) is 0.714. The van der Waals surface area contributed by atoms with Crippen molar-refractivity contribution >= 4 is 6.29 Å². The van der Waals surface area contributed by atoms with Crippen LogP contribution in [0.4, 0.5) is 0 Å². The normalized spacial score (nSPS) is 24.0. The third-order valence-electron chi connectivity index (χ3n) is 2.16. The predicted molar refractivity (Wildman–Crippen MR) is 34.0 cm³/mol. The van der Waals surface area contributed by atoms with Gasteiger partial charge in [-0.2, -0.15) is 5.26 Å². The van der Waals surface area contributed by atoms with Crippen LogP contribution in [0.1, 0.15) is 19.3 Å². The van der Waals surface area contributed by atoms with Crippen molar-refractivity contribution in [3.63, 3.8) is 0 Å². The minimum atomic E-state index is -1.08. The lowest BCUT2D eigenvalue weighted by Gasteiger charge is -2.36. The van der Waals surface area contributed by atoms with Gasteiger partial charge in [0.25, 0.3) is 0 Å². The van der Waals surface area contributed by atoms with Gasteiger partial charge in [0.1, 0.15) is 12.4 Å². The molecule has 1 saturated carbocycles. The zero-order valence-electron chi connectivity index (χ0n) is 5.58. The Bertz CT molecular complexity index is 179. The second kappa shape index (κ2) is 2.39. The monoisotopic (exact) mass is 139 g/mol.